The van der Waals surface area contributed by atoms with Crippen LogP contribution in [0.5, 0.6) is 5.75 Å². The van der Waals surface area contributed by atoms with Crippen molar-refractivity contribution in [2.24, 2.45) is 5.10 Å². The number of anilines is 1. The molecule has 2 N–H and O–H groups in total. The predicted molar refractivity (Wildman–Crippen MR) is 83.3 cm³/mol. The Morgan fingerprint density at radius 2 is 2.10 bits per heavy atom. The smallest absolute Gasteiger partial charge is 0.285 e. The van der Waals surface area contributed by atoms with Crippen molar-refractivity contribution in [2.75, 3.05) is 5.43 Å². The van der Waals surface area contributed by atoms with Crippen LogP contribution in [0, 0.1) is 0 Å². The van der Waals surface area contributed by atoms with Crippen molar-refractivity contribution in [1.82, 2.24) is 10.2 Å². The van der Waals surface area contributed by atoms with Gasteiger partial charge in [-0.2, -0.15) is 10.2 Å². The van der Waals surface area contributed by atoms with Crippen LogP contribution >= 0.6 is 11.6 Å². The molecule has 2 rings (SSSR count). The second-order valence-electron chi connectivity index (χ2n) is 4.53. The summed E-state index contributed by atoms with van der Waals surface area (Å²) in [4.78, 5) is 11.2. The third-order valence-corrected chi connectivity index (χ3v) is 2.82. The predicted octanol–water partition coefficient (Wildman–Crippen LogP) is 2.66. The molecule has 1 heterocycles. The Balaban J connectivity index is 2.01. The average molecular weight is 307 g/mol. The first-order valence-corrected chi connectivity index (χ1v) is 6.73. The zero-order valence-corrected chi connectivity index (χ0v) is 12.4. The molecule has 6 nitrogen and oxygen atoms in total. The minimum absolute atomic E-state index is 0.0165. The number of halogens is 1. The fraction of sp³-hybridized carbons (Fsp3) is 0.214. The molecule has 0 saturated heterocycles. The van der Waals surface area contributed by atoms with Gasteiger partial charge in [0, 0.05) is 0 Å². The van der Waals surface area contributed by atoms with E-state index in [0.717, 1.165) is 11.3 Å². The summed E-state index contributed by atoms with van der Waals surface area (Å²) >= 11 is 5.81. The largest absolute Gasteiger partial charge is 0.491 e. The molecular weight excluding hydrogens is 292 g/mol. The summed E-state index contributed by atoms with van der Waals surface area (Å²) in [7, 11) is 0. The summed E-state index contributed by atoms with van der Waals surface area (Å²) in [5, 5.41) is 9.89. The Kier molecular flexibility index (Phi) is 4.94. The molecule has 0 fully saturated rings. The lowest BCUT2D eigenvalue weighted by Crippen LogP contribution is -2.10. The summed E-state index contributed by atoms with van der Waals surface area (Å²) < 4.78 is 5.55. The molecule has 0 aliphatic rings. The van der Waals surface area contributed by atoms with Gasteiger partial charge in [0.05, 0.1) is 18.5 Å². The van der Waals surface area contributed by atoms with E-state index in [2.05, 4.69) is 20.7 Å². The third kappa shape index (κ3) is 4.32. The Hall–Kier alpha value is -2.34. The maximum atomic E-state index is 11.2. The fourth-order valence-electron chi connectivity index (χ4n) is 1.54. The minimum Gasteiger partial charge on any atom is -0.491 e. The lowest BCUT2D eigenvalue weighted by atomic mass is 10.2. The Morgan fingerprint density at radius 1 is 1.38 bits per heavy atom. The van der Waals surface area contributed by atoms with Crippen molar-refractivity contribution in [2.45, 2.75) is 20.0 Å². The number of aromatic nitrogens is 2. The van der Waals surface area contributed by atoms with Crippen LogP contribution < -0.4 is 15.7 Å². The van der Waals surface area contributed by atoms with Crippen LogP contribution in [0.4, 0.5) is 5.69 Å². The van der Waals surface area contributed by atoms with E-state index in [1.54, 1.807) is 6.21 Å². The molecule has 0 spiro atoms. The summed E-state index contributed by atoms with van der Waals surface area (Å²) in [5.41, 5.74) is 3.43. The second kappa shape index (κ2) is 6.90. The van der Waals surface area contributed by atoms with Crippen molar-refractivity contribution in [3.8, 4) is 5.75 Å². The van der Waals surface area contributed by atoms with Gasteiger partial charge < -0.3 is 4.74 Å². The SMILES string of the molecule is CC(C)Oc1ccc(/C=N/Nc2cn[nH]c(=O)c2Cl)cc1. The number of rotatable bonds is 5. The van der Waals surface area contributed by atoms with Crippen molar-refractivity contribution >= 4 is 23.5 Å². The van der Waals surface area contributed by atoms with E-state index < -0.39 is 5.56 Å². The van der Waals surface area contributed by atoms with Crippen molar-refractivity contribution in [3.63, 3.8) is 0 Å². The summed E-state index contributed by atoms with van der Waals surface area (Å²) in [6.07, 6.45) is 3.13. The van der Waals surface area contributed by atoms with Crippen molar-refractivity contribution in [3.05, 3.63) is 51.4 Å². The van der Waals surface area contributed by atoms with E-state index in [4.69, 9.17) is 16.3 Å². The molecule has 2 aromatic rings. The molecule has 7 heteroatoms. The molecule has 0 radical (unpaired) electrons. The molecule has 0 saturated carbocycles. The van der Waals surface area contributed by atoms with Crippen LogP contribution in [0.1, 0.15) is 19.4 Å². The van der Waals surface area contributed by atoms with E-state index in [-0.39, 0.29) is 11.1 Å². The third-order valence-electron chi connectivity index (χ3n) is 2.45. The van der Waals surface area contributed by atoms with E-state index in [9.17, 15) is 4.79 Å². The van der Waals surface area contributed by atoms with Gasteiger partial charge in [-0.05, 0) is 43.7 Å². The zero-order chi connectivity index (χ0) is 15.2. The molecule has 110 valence electrons. The van der Waals surface area contributed by atoms with Gasteiger partial charge in [-0.15, -0.1) is 0 Å². The van der Waals surface area contributed by atoms with Crippen molar-refractivity contribution < 1.29 is 4.74 Å². The standard InChI is InChI=1S/C14H15ClN4O2/c1-9(2)21-11-5-3-10(4-6-11)7-16-18-12-8-17-19-14(20)13(12)15/h3-9H,1-2H3,(H2,18,19,20)/b16-7+. The number of hydrazone groups is 1. The van der Waals surface area contributed by atoms with Crippen LogP contribution in [0.25, 0.3) is 0 Å². The highest BCUT2D eigenvalue weighted by atomic mass is 35.5. The average Bonchev–Trinajstić information content (AvgIpc) is 2.45. The lowest BCUT2D eigenvalue weighted by molar-refractivity contribution is 0.242. The molecule has 0 amide bonds. The fourth-order valence-corrected chi connectivity index (χ4v) is 1.68. The highest BCUT2D eigenvalue weighted by Crippen LogP contribution is 2.15. The van der Waals surface area contributed by atoms with Crippen LogP contribution in [-0.4, -0.2) is 22.5 Å². The lowest BCUT2D eigenvalue weighted by Gasteiger charge is -2.09. The summed E-state index contributed by atoms with van der Waals surface area (Å²) in [6, 6.07) is 7.48. The molecule has 0 atom stereocenters. The monoisotopic (exact) mass is 306 g/mol. The number of H-pyrrole nitrogens is 1. The van der Waals surface area contributed by atoms with Gasteiger partial charge in [0.2, 0.25) is 0 Å². The number of hydrogen-bond donors (Lipinski definition) is 2. The Morgan fingerprint density at radius 3 is 2.76 bits per heavy atom. The number of benzene rings is 1. The molecule has 0 bridgehead atoms. The van der Waals surface area contributed by atoms with Gasteiger partial charge in [0.1, 0.15) is 16.5 Å². The van der Waals surface area contributed by atoms with E-state index >= 15 is 0 Å². The molecule has 1 aromatic heterocycles. The van der Waals surface area contributed by atoms with E-state index in [1.165, 1.54) is 6.20 Å². The maximum Gasteiger partial charge on any atom is 0.285 e. The Bertz CT molecular complexity index is 680. The first-order chi connectivity index (χ1) is 10.1. The highest BCUT2D eigenvalue weighted by molar-refractivity contribution is 6.32. The molecule has 0 aliphatic carbocycles. The number of nitrogens with zero attached hydrogens (tertiary/aromatic N) is 2. The van der Waals surface area contributed by atoms with Gasteiger partial charge in [-0.3, -0.25) is 10.2 Å². The first kappa shape index (κ1) is 15.1. The van der Waals surface area contributed by atoms with Gasteiger partial charge in [0.25, 0.3) is 5.56 Å². The molecule has 0 aliphatic heterocycles. The normalized spacial score (nSPS) is 11.0. The molecular formula is C14H15ClN4O2. The molecule has 0 unspecified atom stereocenters. The van der Waals surface area contributed by atoms with Crippen molar-refractivity contribution in [1.29, 1.82) is 0 Å². The van der Waals surface area contributed by atoms with E-state index in [1.807, 2.05) is 38.1 Å². The highest BCUT2D eigenvalue weighted by Gasteiger charge is 2.02. The quantitative estimate of drug-likeness (QED) is 0.657. The maximum absolute atomic E-state index is 11.2. The molecule has 21 heavy (non-hydrogen) atoms. The van der Waals surface area contributed by atoms with Crippen LogP contribution in [0.2, 0.25) is 5.02 Å². The first-order valence-electron chi connectivity index (χ1n) is 6.35. The zero-order valence-electron chi connectivity index (χ0n) is 11.6. The van der Waals surface area contributed by atoms with Gasteiger partial charge in [0.15, 0.2) is 0 Å². The van der Waals surface area contributed by atoms with Crippen LogP contribution in [-0.2, 0) is 0 Å². The summed E-state index contributed by atoms with van der Waals surface area (Å²) in [5.74, 6) is 0.803. The van der Waals surface area contributed by atoms with Crippen LogP contribution in [0.3, 0.4) is 0 Å². The number of ether oxygens (including phenoxy) is 1. The van der Waals surface area contributed by atoms with Gasteiger partial charge >= 0.3 is 0 Å². The summed E-state index contributed by atoms with van der Waals surface area (Å²) in [6.45, 7) is 3.94. The minimum atomic E-state index is -0.466. The number of aromatic amines is 1. The van der Waals surface area contributed by atoms with E-state index in [0.29, 0.717) is 5.69 Å². The number of nitrogens with one attached hydrogen (secondary N) is 2. The second-order valence-corrected chi connectivity index (χ2v) is 4.91. The molecule has 1 aromatic carbocycles. The Labute approximate surface area is 126 Å². The van der Waals surface area contributed by atoms with Gasteiger partial charge in [-0.1, -0.05) is 11.6 Å². The number of hydrogen-bond acceptors (Lipinski definition) is 5. The topological polar surface area (TPSA) is 79.4 Å². The van der Waals surface area contributed by atoms with Gasteiger partial charge in [-0.25, -0.2) is 5.10 Å². The van der Waals surface area contributed by atoms with Crippen LogP contribution in [0.15, 0.2) is 40.4 Å².